The quantitative estimate of drug-likeness (QED) is 0.688. The summed E-state index contributed by atoms with van der Waals surface area (Å²) >= 11 is 5.54. The van der Waals surface area contributed by atoms with Crippen LogP contribution in [0, 0.1) is 0 Å². The Kier molecular flexibility index (Phi) is 5.20. The molecule has 0 spiro atoms. The Morgan fingerprint density at radius 3 is 2.22 bits per heavy atom. The van der Waals surface area contributed by atoms with E-state index in [0.29, 0.717) is 11.3 Å². The van der Waals surface area contributed by atoms with Crippen LogP contribution < -0.4 is 4.52 Å². The standard InChI is InChI=1S/C7H4ClO3P.C4H8O2/c8-12-10-6-4-2-1-3-5(6)7(9)11-12;1-2-6-4-3-5-1/h1-4H;1-4H2. The van der Waals surface area contributed by atoms with Crippen LogP contribution in [0.4, 0.5) is 0 Å². The van der Waals surface area contributed by atoms with Crippen LogP contribution in [-0.4, -0.2) is 32.4 Å². The molecule has 2 heterocycles. The zero-order valence-electron chi connectivity index (χ0n) is 9.50. The number of benzene rings is 1. The molecule has 1 fully saturated rings. The first-order valence-electron chi connectivity index (χ1n) is 5.38. The van der Waals surface area contributed by atoms with Gasteiger partial charge in [-0.05, 0) is 23.4 Å². The van der Waals surface area contributed by atoms with Crippen molar-refractivity contribution in [1.82, 2.24) is 0 Å². The first-order valence-corrected chi connectivity index (χ1v) is 7.46. The van der Waals surface area contributed by atoms with E-state index in [1.54, 1.807) is 24.3 Å². The zero-order valence-corrected chi connectivity index (χ0v) is 11.2. The predicted octanol–water partition coefficient (Wildman–Crippen LogP) is 2.73. The molecule has 5 nitrogen and oxygen atoms in total. The molecule has 0 aromatic heterocycles. The van der Waals surface area contributed by atoms with Crippen LogP contribution >= 0.6 is 19.0 Å². The normalized spacial score (nSPS) is 21.8. The molecule has 1 atom stereocenters. The van der Waals surface area contributed by atoms with Gasteiger partial charge in [0.25, 0.3) is 0 Å². The molecule has 0 radical (unpaired) electrons. The van der Waals surface area contributed by atoms with Crippen LogP contribution in [0.3, 0.4) is 0 Å². The van der Waals surface area contributed by atoms with E-state index < -0.39 is 13.7 Å². The van der Waals surface area contributed by atoms with Gasteiger partial charge in [0, 0.05) is 0 Å². The van der Waals surface area contributed by atoms with Gasteiger partial charge in [0.2, 0.25) is 0 Å². The van der Waals surface area contributed by atoms with Crippen LogP contribution in [0.2, 0.25) is 0 Å². The van der Waals surface area contributed by atoms with Gasteiger partial charge < -0.3 is 18.5 Å². The van der Waals surface area contributed by atoms with Crippen LogP contribution in [0.25, 0.3) is 0 Å². The van der Waals surface area contributed by atoms with Crippen molar-refractivity contribution in [3.8, 4) is 5.75 Å². The maximum Gasteiger partial charge on any atom is 0.403 e. The van der Waals surface area contributed by atoms with Crippen LogP contribution in [0.5, 0.6) is 5.75 Å². The van der Waals surface area contributed by atoms with Crippen molar-refractivity contribution in [2.24, 2.45) is 0 Å². The first kappa shape index (κ1) is 13.6. The van der Waals surface area contributed by atoms with Gasteiger partial charge in [0.1, 0.15) is 11.3 Å². The molecular formula is C11H12ClO5P. The molecular weight excluding hydrogens is 279 g/mol. The van der Waals surface area contributed by atoms with Gasteiger partial charge in [-0.3, -0.25) is 0 Å². The minimum Gasteiger partial charge on any atom is -0.426 e. The monoisotopic (exact) mass is 290 g/mol. The van der Waals surface area contributed by atoms with E-state index >= 15 is 0 Å². The summed E-state index contributed by atoms with van der Waals surface area (Å²) in [5.74, 6) is 0.0767. The van der Waals surface area contributed by atoms with E-state index in [0.717, 1.165) is 26.4 Å². The average molecular weight is 291 g/mol. The highest BCUT2D eigenvalue weighted by atomic mass is 35.7. The molecule has 1 aromatic rings. The molecule has 1 saturated heterocycles. The van der Waals surface area contributed by atoms with E-state index in [4.69, 9.17) is 25.2 Å². The van der Waals surface area contributed by atoms with Crippen molar-refractivity contribution in [3.63, 3.8) is 0 Å². The van der Waals surface area contributed by atoms with E-state index in [9.17, 15) is 4.79 Å². The van der Waals surface area contributed by atoms with Crippen LogP contribution in [-0.2, 0) is 14.0 Å². The molecule has 2 aliphatic rings. The smallest absolute Gasteiger partial charge is 0.403 e. The summed E-state index contributed by atoms with van der Waals surface area (Å²) in [5.41, 5.74) is 0.428. The van der Waals surface area contributed by atoms with Crippen molar-refractivity contribution in [1.29, 1.82) is 0 Å². The maximum absolute atomic E-state index is 11.1. The topological polar surface area (TPSA) is 54.0 Å². The third kappa shape index (κ3) is 3.82. The van der Waals surface area contributed by atoms with E-state index in [1.165, 1.54) is 0 Å². The van der Waals surface area contributed by atoms with E-state index in [2.05, 4.69) is 4.52 Å². The minimum absolute atomic E-state index is 0.419. The van der Waals surface area contributed by atoms with Crippen molar-refractivity contribution >= 4 is 24.9 Å². The van der Waals surface area contributed by atoms with Crippen LogP contribution in [0.1, 0.15) is 10.4 Å². The fourth-order valence-electron chi connectivity index (χ4n) is 1.37. The Balaban J connectivity index is 0.000000169. The summed E-state index contributed by atoms with van der Waals surface area (Å²) in [6.07, 6.45) is 0. The SMILES string of the molecule is C1COCCO1.O=C1OP(Cl)Oc2ccccc21. The number of hydrogen-bond donors (Lipinski definition) is 0. The largest absolute Gasteiger partial charge is 0.426 e. The van der Waals surface area contributed by atoms with Gasteiger partial charge in [-0.25, -0.2) is 4.79 Å². The third-order valence-electron chi connectivity index (χ3n) is 2.18. The second kappa shape index (κ2) is 6.90. The summed E-state index contributed by atoms with van der Waals surface area (Å²) in [4.78, 5) is 11.1. The molecule has 0 aliphatic carbocycles. The second-order valence-electron chi connectivity index (χ2n) is 3.40. The summed E-state index contributed by atoms with van der Waals surface area (Å²) in [6, 6.07) is 6.84. The molecule has 1 unspecified atom stereocenters. The summed E-state index contributed by atoms with van der Waals surface area (Å²) < 4.78 is 19.7. The number of halogens is 1. The molecule has 98 valence electrons. The van der Waals surface area contributed by atoms with Crippen molar-refractivity contribution in [3.05, 3.63) is 29.8 Å². The molecule has 0 bridgehead atoms. The van der Waals surface area contributed by atoms with Crippen LogP contribution in [0.15, 0.2) is 24.3 Å². The lowest BCUT2D eigenvalue weighted by atomic mass is 10.2. The number of ether oxygens (including phenoxy) is 2. The Labute approximate surface area is 111 Å². The summed E-state index contributed by atoms with van der Waals surface area (Å²) in [7, 11) is -1.59. The van der Waals surface area contributed by atoms with E-state index in [-0.39, 0.29) is 0 Å². The van der Waals surface area contributed by atoms with Gasteiger partial charge in [-0.2, -0.15) is 0 Å². The number of rotatable bonds is 0. The molecule has 18 heavy (non-hydrogen) atoms. The Morgan fingerprint density at radius 2 is 1.61 bits per heavy atom. The average Bonchev–Trinajstić information content (AvgIpc) is 2.41. The number of carbonyl (C=O) groups excluding carboxylic acids is 1. The van der Waals surface area contributed by atoms with Gasteiger partial charge in [0.15, 0.2) is 0 Å². The van der Waals surface area contributed by atoms with Gasteiger partial charge in [-0.15, -0.1) is 0 Å². The fourth-order valence-corrected chi connectivity index (χ4v) is 2.36. The van der Waals surface area contributed by atoms with E-state index in [1.807, 2.05) is 0 Å². The number of para-hydroxylation sites is 1. The Bertz CT molecular complexity index is 399. The maximum atomic E-state index is 11.1. The molecule has 7 heteroatoms. The number of hydrogen-bond acceptors (Lipinski definition) is 5. The van der Waals surface area contributed by atoms with Crippen molar-refractivity contribution in [2.45, 2.75) is 0 Å². The minimum atomic E-state index is -1.59. The molecule has 0 amide bonds. The molecule has 2 aliphatic heterocycles. The second-order valence-corrected chi connectivity index (χ2v) is 5.02. The lowest BCUT2D eigenvalue weighted by Crippen LogP contribution is -2.16. The molecule has 0 N–H and O–H groups in total. The lowest BCUT2D eigenvalue weighted by Gasteiger charge is -2.18. The Morgan fingerprint density at radius 1 is 1.00 bits per heavy atom. The van der Waals surface area contributed by atoms with Gasteiger partial charge in [0.05, 0.1) is 26.4 Å². The first-order chi connectivity index (χ1) is 8.77. The number of fused-ring (bicyclic) bond motifs is 1. The Hall–Kier alpha value is -0.870. The van der Waals surface area contributed by atoms with Crippen molar-refractivity contribution < 1.29 is 23.3 Å². The third-order valence-corrected chi connectivity index (χ3v) is 3.24. The van der Waals surface area contributed by atoms with Gasteiger partial charge >= 0.3 is 13.7 Å². The van der Waals surface area contributed by atoms with Gasteiger partial charge in [-0.1, -0.05) is 12.1 Å². The van der Waals surface area contributed by atoms with Crippen molar-refractivity contribution in [2.75, 3.05) is 26.4 Å². The highest BCUT2D eigenvalue weighted by molar-refractivity contribution is 7.76. The predicted molar refractivity (Wildman–Crippen MR) is 66.9 cm³/mol. The molecule has 1 aromatic carbocycles. The highest BCUT2D eigenvalue weighted by Crippen LogP contribution is 2.49. The summed E-state index contributed by atoms with van der Waals surface area (Å²) in [6.45, 7) is 3.11. The summed E-state index contributed by atoms with van der Waals surface area (Å²) in [5, 5.41) is 0. The molecule has 0 saturated carbocycles. The number of carbonyl (C=O) groups is 1. The fraction of sp³-hybridized carbons (Fsp3) is 0.364. The highest BCUT2D eigenvalue weighted by Gasteiger charge is 2.26. The lowest BCUT2D eigenvalue weighted by molar-refractivity contribution is -0.0334. The molecule has 3 rings (SSSR count). The zero-order chi connectivity index (χ0) is 12.8.